The van der Waals surface area contributed by atoms with Crippen LogP contribution in [0.1, 0.15) is 47.0 Å². The van der Waals surface area contributed by atoms with Crippen molar-refractivity contribution in [3.63, 3.8) is 0 Å². The summed E-state index contributed by atoms with van der Waals surface area (Å²) in [5.74, 6) is 1.29. The predicted molar refractivity (Wildman–Crippen MR) is 96.7 cm³/mol. The molecule has 1 aliphatic rings. The Morgan fingerprint density at radius 3 is 2.25 bits per heavy atom. The number of hydrogen-bond acceptors (Lipinski definition) is 2. The number of amides is 2. The molecule has 5 nitrogen and oxygen atoms in total. The minimum Gasteiger partial charge on any atom is -0.334 e. The summed E-state index contributed by atoms with van der Waals surface area (Å²) in [5, 5.41) is 7.89. The van der Waals surface area contributed by atoms with Gasteiger partial charge in [0.2, 0.25) is 5.91 Å². The molecule has 0 bridgehead atoms. The molecule has 0 aliphatic heterocycles. The van der Waals surface area contributed by atoms with Gasteiger partial charge in [0.05, 0.1) is 6.04 Å². The topological polar surface area (TPSA) is 74.8 Å². The molecule has 0 spiro atoms. The highest BCUT2D eigenvalue weighted by Crippen LogP contribution is 2.27. The van der Waals surface area contributed by atoms with Gasteiger partial charge in [-0.1, -0.05) is 13.8 Å². The van der Waals surface area contributed by atoms with Crippen LogP contribution in [0, 0.1) is 11.8 Å². The molecule has 0 heterocycles. The second kappa shape index (κ2) is 8.29. The smallest absolute Gasteiger partial charge is 0.282 e. The minimum atomic E-state index is -0.113. The first-order chi connectivity index (χ1) is 11.4. The monoisotopic (exact) mass is 332 g/mol. The van der Waals surface area contributed by atoms with Crippen LogP contribution >= 0.6 is 0 Å². The average Bonchev–Trinajstić information content (AvgIpc) is 2.53. The van der Waals surface area contributed by atoms with Crippen LogP contribution in [-0.4, -0.2) is 23.9 Å². The first-order valence-electron chi connectivity index (χ1n) is 8.90. The van der Waals surface area contributed by atoms with Gasteiger partial charge in [-0.25, -0.2) is 0 Å². The summed E-state index contributed by atoms with van der Waals surface area (Å²) in [4.78, 5) is 23.4. The SMILES string of the molecule is CC(=O)Nc1ccc(NC(=O)[C@H](C)[NH2+][C@@H]2CCC[C@H](C)[C@H]2C)cc1. The lowest BCUT2D eigenvalue weighted by Gasteiger charge is -2.33. The van der Waals surface area contributed by atoms with Crippen LogP contribution in [0.15, 0.2) is 24.3 Å². The van der Waals surface area contributed by atoms with Crippen molar-refractivity contribution in [2.75, 3.05) is 10.6 Å². The summed E-state index contributed by atoms with van der Waals surface area (Å²) >= 11 is 0. The van der Waals surface area contributed by atoms with E-state index in [-0.39, 0.29) is 17.9 Å². The fourth-order valence-electron chi connectivity index (χ4n) is 3.45. The third-order valence-corrected chi connectivity index (χ3v) is 5.19. The van der Waals surface area contributed by atoms with E-state index in [4.69, 9.17) is 0 Å². The third kappa shape index (κ3) is 5.06. The van der Waals surface area contributed by atoms with Crippen LogP contribution < -0.4 is 16.0 Å². The Morgan fingerprint density at radius 2 is 1.67 bits per heavy atom. The molecule has 1 fully saturated rings. The number of nitrogens with one attached hydrogen (secondary N) is 2. The summed E-state index contributed by atoms with van der Waals surface area (Å²) in [5.41, 5.74) is 1.48. The van der Waals surface area contributed by atoms with Crippen molar-refractivity contribution in [3.8, 4) is 0 Å². The Balaban J connectivity index is 1.88. The quantitative estimate of drug-likeness (QED) is 0.774. The van der Waals surface area contributed by atoms with Gasteiger partial charge in [-0.2, -0.15) is 0 Å². The highest BCUT2D eigenvalue weighted by atomic mass is 16.2. The number of anilines is 2. The van der Waals surface area contributed by atoms with Crippen LogP contribution in [-0.2, 0) is 9.59 Å². The van der Waals surface area contributed by atoms with Crippen LogP contribution in [0.4, 0.5) is 11.4 Å². The highest BCUT2D eigenvalue weighted by Gasteiger charge is 2.32. The molecule has 4 N–H and O–H groups in total. The Hall–Kier alpha value is -1.88. The number of benzene rings is 1. The van der Waals surface area contributed by atoms with Gasteiger partial charge in [-0.05, 0) is 56.4 Å². The van der Waals surface area contributed by atoms with Gasteiger partial charge in [0.1, 0.15) is 0 Å². The van der Waals surface area contributed by atoms with Gasteiger partial charge in [-0.15, -0.1) is 0 Å². The van der Waals surface area contributed by atoms with Gasteiger partial charge in [0.25, 0.3) is 5.91 Å². The standard InChI is InChI=1S/C19H29N3O2/c1-12-6-5-7-18(13(12)2)20-14(3)19(24)22-17-10-8-16(9-11-17)21-15(4)23/h8-14,18,20H,5-7H2,1-4H3,(H,21,23)(H,22,24)/p+1/t12-,13+,14-,18+/m0/s1. The molecule has 1 aliphatic carbocycles. The van der Waals surface area contributed by atoms with Crippen molar-refractivity contribution in [2.45, 2.75) is 59.0 Å². The predicted octanol–water partition coefficient (Wildman–Crippen LogP) is 2.36. The third-order valence-electron chi connectivity index (χ3n) is 5.19. The van der Waals surface area contributed by atoms with E-state index in [2.05, 4.69) is 29.8 Å². The largest absolute Gasteiger partial charge is 0.334 e. The van der Waals surface area contributed by atoms with Crippen molar-refractivity contribution >= 4 is 23.2 Å². The van der Waals surface area contributed by atoms with E-state index >= 15 is 0 Å². The first-order valence-corrected chi connectivity index (χ1v) is 8.90. The van der Waals surface area contributed by atoms with Gasteiger partial charge < -0.3 is 16.0 Å². The van der Waals surface area contributed by atoms with Crippen molar-refractivity contribution in [3.05, 3.63) is 24.3 Å². The molecule has 5 heteroatoms. The van der Waals surface area contributed by atoms with Crippen molar-refractivity contribution < 1.29 is 14.9 Å². The van der Waals surface area contributed by atoms with Crippen molar-refractivity contribution in [1.82, 2.24) is 0 Å². The van der Waals surface area contributed by atoms with Crippen LogP contribution in [0.3, 0.4) is 0 Å². The maximum Gasteiger partial charge on any atom is 0.282 e. The second-order valence-corrected chi connectivity index (χ2v) is 7.16. The second-order valence-electron chi connectivity index (χ2n) is 7.16. The van der Waals surface area contributed by atoms with Crippen LogP contribution in [0.2, 0.25) is 0 Å². The van der Waals surface area contributed by atoms with E-state index in [1.54, 1.807) is 24.3 Å². The molecule has 0 aromatic heterocycles. The lowest BCUT2D eigenvalue weighted by molar-refractivity contribution is -0.715. The number of carbonyl (C=O) groups is 2. The lowest BCUT2D eigenvalue weighted by atomic mass is 9.78. The minimum absolute atomic E-state index is 0.0210. The number of carbonyl (C=O) groups excluding carboxylic acids is 2. The molecule has 2 rings (SSSR count). The highest BCUT2D eigenvalue weighted by molar-refractivity contribution is 5.94. The molecule has 0 radical (unpaired) electrons. The first kappa shape index (κ1) is 18.5. The Morgan fingerprint density at radius 1 is 1.08 bits per heavy atom. The Kier molecular flexibility index (Phi) is 6.37. The van der Waals surface area contributed by atoms with E-state index in [9.17, 15) is 9.59 Å². The zero-order valence-electron chi connectivity index (χ0n) is 15.1. The van der Waals surface area contributed by atoms with Gasteiger partial charge >= 0.3 is 0 Å². The van der Waals surface area contributed by atoms with E-state index < -0.39 is 0 Å². The summed E-state index contributed by atoms with van der Waals surface area (Å²) in [6.07, 6.45) is 3.74. The lowest BCUT2D eigenvalue weighted by Crippen LogP contribution is -2.97. The zero-order chi connectivity index (χ0) is 17.7. The Labute approximate surface area is 144 Å². The van der Waals surface area contributed by atoms with Gasteiger partial charge in [0.15, 0.2) is 6.04 Å². The molecule has 0 saturated heterocycles. The zero-order valence-corrected chi connectivity index (χ0v) is 15.1. The molecule has 4 atom stereocenters. The van der Waals surface area contributed by atoms with Gasteiger partial charge in [-0.3, -0.25) is 9.59 Å². The summed E-state index contributed by atoms with van der Waals surface area (Å²) < 4.78 is 0. The maximum absolute atomic E-state index is 12.4. The number of hydrogen-bond donors (Lipinski definition) is 3. The molecule has 0 unspecified atom stereocenters. The van der Waals surface area contributed by atoms with E-state index in [1.807, 2.05) is 6.92 Å². The van der Waals surface area contributed by atoms with E-state index in [0.29, 0.717) is 12.0 Å². The van der Waals surface area contributed by atoms with Crippen molar-refractivity contribution in [2.24, 2.45) is 11.8 Å². The Bertz CT molecular complexity index is 570. The molecule has 1 aromatic carbocycles. The number of rotatable bonds is 5. The maximum atomic E-state index is 12.4. The summed E-state index contributed by atoms with van der Waals surface area (Å²) in [6, 6.07) is 7.60. The van der Waals surface area contributed by atoms with Gasteiger partial charge in [0, 0.05) is 24.2 Å². The molecular weight excluding hydrogens is 302 g/mol. The van der Waals surface area contributed by atoms with Crippen molar-refractivity contribution in [1.29, 1.82) is 0 Å². The average molecular weight is 332 g/mol. The fourth-order valence-corrected chi connectivity index (χ4v) is 3.45. The normalized spacial score (nSPS) is 24.9. The van der Waals surface area contributed by atoms with E-state index in [1.165, 1.54) is 26.2 Å². The number of quaternary nitrogens is 1. The fraction of sp³-hybridized carbons (Fsp3) is 0.579. The molecule has 2 amide bonds. The summed E-state index contributed by atoms with van der Waals surface area (Å²) in [6.45, 7) is 8.05. The molecule has 1 saturated carbocycles. The summed E-state index contributed by atoms with van der Waals surface area (Å²) in [7, 11) is 0. The van der Waals surface area contributed by atoms with Crippen LogP contribution in [0.25, 0.3) is 0 Å². The number of nitrogens with two attached hydrogens (primary N) is 1. The van der Waals surface area contributed by atoms with E-state index in [0.717, 1.165) is 17.3 Å². The molecule has 24 heavy (non-hydrogen) atoms. The van der Waals surface area contributed by atoms with Crippen LogP contribution in [0.5, 0.6) is 0 Å². The molecule has 1 aromatic rings. The molecular formula is C19H30N3O2+. The molecule has 132 valence electrons.